The third kappa shape index (κ3) is 3.42. The zero-order valence-corrected chi connectivity index (χ0v) is 8.91. The fraction of sp³-hybridized carbons (Fsp3) is 0.273. The topological polar surface area (TPSA) is 51.2 Å². The van der Waals surface area contributed by atoms with Crippen LogP contribution in [0.4, 0.5) is 5.82 Å². The van der Waals surface area contributed by atoms with Crippen LogP contribution in [0.5, 0.6) is 0 Å². The summed E-state index contributed by atoms with van der Waals surface area (Å²) in [6, 6.07) is 3.26. The number of nitrogens with one attached hydrogen (secondary N) is 1. The molecular weight excluding hydrogens is 192 g/mol. The maximum Gasteiger partial charge on any atom is 0.338 e. The van der Waals surface area contributed by atoms with Crippen molar-refractivity contribution >= 4 is 11.8 Å². The molecule has 0 unspecified atom stereocenters. The van der Waals surface area contributed by atoms with Gasteiger partial charge in [0.1, 0.15) is 5.82 Å². The first kappa shape index (κ1) is 11.2. The van der Waals surface area contributed by atoms with E-state index >= 15 is 0 Å². The molecule has 1 heterocycles. The predicted molar refractivity (Wildman–Crippen MR) is 58.9 cm³/mol. The van der Waals surface area contributed by atoms with E-state index in [9.17, 15) is 4.79 Å². The molecule has 80 valence electrons. The molecule has 4 nitrogen and oxygen atoms in total. The molecule has 15 heavy (non-hydrogen) atoms. The van der Waals surface area contributed by atoms with Crippen LogP contribution in [0.15, 0.2) is 30.5 Å². The number of carbonyl (C=O) groups is 1. The van der Waals surface area contributed by atoms with E-state index in [1.54, 1.807) is 18.3 Å². The Labute approximate surface area is 89.0 Å². The van der Waals surface area contributed by atoms with E-state index < -0.39 is 0 Å². The first-order valence-corrected chi connectivity index (χ1v) is 4.56. The van der Waals surface area contributed by atoms with Gasteiger partial charge in [-0.2, -0.15) is 0 Å². The number of rotatable bonds is 4. The number of anilines is 1. The van der Waals surface area contributed by atoms with Gasteiger partial charge in [-0.1, -0.05) is 12.2 Å². The number of hydrogen-bond acceptors (Lipinski definition) is 4. The number of ether oxygens (including phenoxy) is 1. The van der Waals surface area contributed by atoms with Crippen molar-refractivity contribution in [2.75, 3.05) is 19.0 Å². The molecule has 1 aromatic heterocycles. The third-order valence-corrected chi connectivity index (χ3v) is 1.75. The maximum absolute atomic E-state index is 11.2. The summed E-state index contributed by atoms with van der Waals surface area (Å²) in [7, 11) is 1.35. The molecule has 0 radical (unpaired) electrons. The summed E-state index contributed by atoms with van der Waals surface area (Å²) in [6.45, 7) is 6.31. The van der Waals surface area contributed by atoms with E-state index in [-0.39, 0.29) is 5.97 Å². The van der Waals surface area contributed by atoms with Gasteiger partial charge in [-0.25, -0.2) is 9.78 Å². The fourth-order valence-corrected chi connectivity index (χ4v) is 1.01. The number of esters is 1. The minimum atomic E-state index is -0.365. The zero-order valence-electron chi connectivity index (χ0n) is 8.91. The Morgan fingerprint density at radius 1 is 1.67 bits per heavy atom. The van der Waals surface area contributed by atoms with Gasteiger partial charge in [0.2, 0.25) is 0 Å². The lowest BCUT2D eigenvalue weighted by molar-refractivity contribution is 0.0600. The molecular formula is C11H14N2O2. The van der Waals surface area contributed by atoms with Crippen molar-refractivity contribution in [1.82, 2.24) is 4.98 Å². The van der Waals surface area contributed by atoms with Gasteiger partial charge in [-0.15, -0.1) is 0 Å². The van der Waals surface area contributed by atoms with Crippen LogP contribution in [0, 0.1) is 0 Å². The summed E-state index contributed by atoms with van der Waals surface area (Å²) in [6.07, 6.45) is 1.56. The average molecular weight is 206 g/mol. The van der Waals surface area contributed by atoms with E-state index in [0.29, 0.717) is 17.9 Å². The second-order valence-corrected chi connectivity index (χ2v) is 3.23. The van der Waals surface area contributed by atoms with Crippen molar-refractivity contribution in [2.24, 2.45) is 0 Å². The predicted octanol–water partition coefficient (Wildman–Crippen LogP) is 1.86. The molecule has 0 aliphatic carbocycles. The molecule has 0 bridgehead atoms. The normalized spacial score (nSPS) is 9.47. The lowest BCUT2D eigenvalue weighted by atomic mass is 10.2. The lowest BCUT2D eigenvalue weighted by Crippen LogP contribution is -2.06. The van der Waals surface area contributed by atoms with Crippen LogP contribution in [-0.4, -0.2) is 24.6 Å². The summed E-state index contributed by atoms with van der Waals surface area (Å²) >= 11 is 0. The Balaban J connectivity index is 2.74. The van der Waals surface area contributed by atoms with Crippen LogP contribution in [0.25, 0.3) is 0 Å². The molecule has 0 aliphatic heterocycles. The van der Waals surface area contributed by atoms with Gasteiger partial charge in [0, 0.05) is 12.7 Å². The lowest BCUT2D eigenvalue weighted by Gasteiger charge is -2.05. The van der Waals surface area contributed by atoms with Crippen LogP contribution in [-0.2, 0) is 4.74 Å². The smallest absolute Gasteiger partial charge is 0.338 e. The largest absolute Gasteiger partial charge is 0.465 e. The molecule has 1 rings (SSSR count). The van der Waals surface area contributed by atoms with Crippen LogP contribution in [0.2, 0.25) is 0 Å². The minimum Gasteiger partial charge on any atom is -0.465 e. The van der Waals surface area contributed by atoms with Crippen molar-refractivity contribution < 1.29 is 9.53 Å². The van der Waals surface area contributed by atoms with E-state index in [1.165, 1.54) is 7.11 Å². The highest BCUT2D eigenvalue weighted by Crippen LogP contribution is 2.08. The second kappa shape index (κ2) is 5.14. The van der Waals surface area contributed by atoms with Crippen molar-refractivity contribution in [1.29, 1.82) is 0 Å². The quantitative estimate of drug-likeness (QED) is 0.603. The number of methoxy groups -OCH3 is 1. The third-order valence-electron chi connectivity index (χ3n) is 1.75. The van der Waals surface area contributed by atoms with E-state index in [1.807, 2.05) is 6.92 Å². The van der Waals surface area contributed by atoms with E-state index in [2.05, 4.69) is 21.6 Å². The summed E-state index contributed by atoms with van der Waals surface area (Å²) in [4.78, 5) is 15.3. The molecule has 0 amide bonds. The van der Waals surface area contributed by atoms with Gasteiger partial charge >= 0.3 is 5.97 Å². The van der Waals surface area contributed by atoms with Gasteiger partial charge in [0.15, 0.2) is 0 Å². The standard InChI is InChI=1S/C11H14N2O2/c1-8(2)7-13-10-6-9(4-5-12-10)11(14)15-3/h4-6H,1,7H2,2-3H3,(H,12,13). The molecule has 0 aromatic carbocycles. The number of pyridine rings is 1. The second-order valence-electron chi connectivity index (χ2n) is 3.23. The monoisotopic (exact) mass is 206 g/mol. The Bertz CT molecular complexity index is 375. The number of nitrogens with zero attached hydrogens (tertiary/aromatic N) is 1. The molecule has 0 spiro atoms. The Hall–Kier alpha value is -1.84. The molecule has 0 fully saturated rings. The first-order valence-electron chi connectivity index (χ1n) is 4.56. The fourth-order valence-electron chi connectivity index (χ4n) is 1.01. The van der Waals surface area contributed by atoms with Crippen LogP contribution >= 0.6 is 0 Å². The molecule has 0 atom stereocenters. The van der Waals surface area contributed by atoms with E-state index in [0.717, 1.165) is 5.57 Å². The number of hydrogen-bond donors (Lipinski definition) is 1. The molecule has 1 N–H and O–H groups in total. The van der Waals surface area contributed by atoms with Crippen molar-refractivity contribution in [3.8, 4) is 0 Å². The van der Waals surface area contributed by atoms with E-state index in [4.69, 9.17) is 0 Å². The summed E-state index contributed by atoms with van der Waals surface area (Å²) in [5.41, 5.74) is 1.48. The Morgan fingerprint density at radius 2 is 2.40 bits per heavy atom. The molecule has 0 saturated carbocycles. The van der Waals surface area contributed by atoms with Gasteiger partial charge in [-0.3, -0.25) is 0 Å². The number of carbonyl (C=O) groups excluding carboxylic acids is 1. The van der Waals surface area contributed by atoms with Gasteiger partial charge in [0.05, 0.1) is 12.7 Å². The highest BCUT2D eigenvalue weighted by Gasteiger charge is 2.05. The van der Waals surface area contributed by atoms with Crippen LogP contribution in [0.1, 0.15) is 17.3 Å². The highest BCUT2D eigenvalue weighted by atomic mass is 16.5. The number of aromatic nitrogens is 1. The maximum atomic E-state index is 11.2. The summed E-state index contributed by atoms with van der Waals surface area (Å²) in [5.74, 6) is 0.275. The Morgan fingerprint density at radius 3 is 3.00 bits per heavy atom. The van der Waals surface area contributed by atoms with Crippen LogP contribution < -0.4 is 5.32 Å². The van der Waals surface area contributed by atoms with Gasteiger partial charge < -0.3 is 10.1 Å². The Kier molecular flexibility index (Phi) is 3.85. The molecule has 1 aromatic rings. The summed E-state index contributed by atoms with van der Waals surface area (Å²) < 4.78 is 4.60. The molecule has 0 saturated heterocycles. The van der Waals surface area contributed by atoms with Gasteiger partial charge in [0.25, 0.3) is 0 Å². The summed E-state index contributed by atoms with van der Waals surface area (Å²) in [5, 5.41) is 3.05. The van der Waals surface area contributed by atoms with Gasteiger partial charge in [-0.05, 0) is 19.1 Å². The SMILES string of the molecule is C=C(C)CNc1cc(C(=O)OC)ccn1. The molecule has 0 aliphatic rings. The molecule has 4 heteroatoms. The zero-order chi connectivity index (χ0) is 11.3. The van der Waals surface area contributed by atoms with Crippen molar-refractivity contribution in [3.63, 3.8) is 0 Å². The van der Waals surface area contributed by atoms with Crippen molar-refractivity contribution in [3.05, 3.63) is 36.0 Å². The first-order chi connectivity index (χ1) is 7.13. The highest BCUT2D eigenvalue weighted by molar-refractivity contribution is 5.89. The van der Waals surface area contributed by atoms with Crippen molar-refractivity contribution in [2.45, 2.75) is 6.92 Å². The van der Waals surface area contributed by atoms with Crippen LogP contribution in [0.3, 0.4) is 0 Å². The minimum absolute atomic E-state index is 0.365. The average Bonchev–Trinajstić information content (AvgIpc) is 2.25.